The Morgan fingerprint density at radius 1 is 1.00 bits per heavy atom. The van der Waals surface area contributed by atoms with E-state index in [0.717, 1.165) is 26.1 Å². The second-order valence-electron chi connectivity index (χ2n) is 5.21. The van der Waals surface area contributed by atoms with Gasteiger partial charge in [0.1, 0.15) is 0 Å². The molecular formula is C17H25N. The molecule has 0 radical (unpaired) electrons. The minimum Gasteiger partial charge on any atom is -0.296 e. The van der Waals surface area contributed by atoms with Gasteiger partial charge in [-0.2, -0.15) is 0 Å². The van der Waals surface area contributed by atoms with E-state index in [9.17, 15) is 0 Å². The molecule has 0 amide bonds. The summed E-state index contributed by atoms with van der Waals surface area (Å²) in [5, 5.41) is 0. The van der Waals surface area contributed by atoms with E-state index in [1.807, 2.05) is 0 Å². The van der Waals surface area contributed by atoms with E-state index >= 15 is 0 Å². The molecule has 0 unspecified atom stereocenters. The standard InChI is InChI=1S/C17H25N/c1-15(2)13-18(14-16(3)4)12-8-11-17-9-6-5-7-10-17/h5-7,9-10H,1,3,8,11-14H2,2,4H3. The number of nitrogens with zero attached hydrogens (tertiary/aromatic N) is 1. The fraction of sp³-hybridized carbons (Fsp3) is 0.412. The van der Waals surface area contributed by atoms with Crippen LogP contribution in [0.5, 0.6) is 0 Å². The van der Waals surface area contributed by atoms with Gasteiger partial charge in [-0.25, -0.2) is 0 Å². The van der Waals surface area contributed by atoms with E-state index in [4.69, 9.17) is 0 Å². The lowest BCUT2D eigenvalue weighted by Gasteiger charge is -2.22. The van der Waals surface area contributed by atoms with Gasteiger partial charge in [-0.05, 0) is 38.8 Å². The normalized spacial score (nSPS) is 10.6. The molecule has 1 rings (SSSR count). The summed E-state index contributed by atoms with van der Waals surface area (Å²) in [5.41, 5.74) is 3.86. The summed E-state index contributed by atoms with van der Waals surface area (Å²) in [7, 11) is 0. The first kappa shape index (κ1) is 14.7. The maximum absolute atomic E-state index is 4.00. The van der Waals surface area contributed by atoms with Crippen LogP contribution in [0.15, 0.2) is 54.6 Å². The third-order valence-corrected chi connectivity index (χ3v) is 2.77. The fourth-order valence-electron chi connectivity index (χ4n) is 2.13. The third-order valence-electron chi connectivity index (χ3n) is 2.77. The lowest BCUT2D eigenvalue weighted by atomic mass is 10.1. The predicted octanol–water partition coefficient (Wildman–Crippen LogP) is 4.07. The quantitative estimate of drug-likeness (QED) is 0.622. The lowest BCUT2D eigenvalue weighted by molar-refractivity contribution is 0.317. The van der Waals surface area contributed by atoms with E-state index in [-0.39, 0.29) is 0 Å². The average molecular weight is 243 g/mol. The number of aryl methyl sites for hydroxylation is 1. The zero-order chi connectivity index (χ0) is 13.4. The highest BCUT2D eigenvalue weighted by molar-refractivity contribution is 5.14. The number of hydrogen-bond donors (Lipinski definition) is 0. The molecule has 0 heterocycles. The predicted molar refractivity (Wildman–Crippen MR) is 80.8 cm³/mol. The van der Waals surface area contributed by atoms with Gasteiger partial charge < -0.3 is 0 Å². The minimum absolute atomic E-state index is 0.974. The summed E-state index contributed by atoms with van der Waals surface area (Å²) < 4.78 is 0. The van der Waals surface area contributed by atoms with E-state index in [2.05, 4.69) is 62.2 Å². The molecule has 0 saturated heterocycles. The number of benzene rings is 1. The van der Waals surface area contributed by atoms with Crippen LogP contribution in [0.1, 0.15) is 25.8 Å². The van der Waals surface area contributed by atoms with Crippen LogP contribution in [0.3, 0.4) is 0 Å². The van der Waals surface area contributed by atoms with E-state index in [1.54, 1.807) is 0 Å². The van der Waals surface area contributed by atoms with Gasteiger partial charge in [-0.3, -0.25) is 4.90 Å². The van der Waals surface area contributed by atoms with Crippen molar-refractivity contribution in [3.8, 4) is 0 Å². The van der Waals surface area contributed by atoms with Crippen LogP contribution in [0.4, 0.5) is 0 Å². The van der Waals surface area contributed by atoms with Crippen molar-refractivity contribution in [2.24, 2.45) is 0 Å². The Morgan fingerprint density at radius 2 is 1.56 bits per heavy atom. The van der Waals surface area contributed by atoms with E-state index in [0.29, 0.717) is 0 Å². The summed E-state index contributed by atoms with van der Waals surface area (Å²) >= 11 is 0. The molecule has 0 saturated carbocycles. The molecule has 98 valence electrons. The minimum atomic E-state index is 0.974. The van der Waals surface area contributed by atoms with Crippen LogP contribution >= 0.6 is 0 Å². The van der Waals surface area contributed by atoms with Crippen LogP contribution in [-0.4, -0.2) is 24.5 Å². The molecular weight excluding hydrogens is 218 g/mol. The van der Waals surface area contributed by atoms with Gasteiger partial charge in [0.05, 0.1) is 0 Å². The van der Waals surface area contributed by atoms with Gasteiger partial charge in [0.2, 0.25) is 0 Å². The molecule has 0 aromatic heterocycles. The van der Waals surface area contributed by atoms with Crippen molar-refractivity contribution >= 4 is 0 Å². The van der Waals surface area contributed by atoms with Crippen molar-refractivity contribution in [3.63, 3.8) is 0 Å². The van der Waals surface area contributed by atoms with Crippen molar-refractivity contribution in [2.45, 2.75) is 26.7 Å². The summed E-state index contributed by atoms with van der Waals surface area (Å²) in [6, 6.07) is 10.7. The Hall–Kier alpha value is -1.34. The van der Waals surface area contributed by atoms with Gasteiger partial charge in [-0.1, -0.05) is 54.6 Å². The molecule has 0 N–H and O–H groups in total. The van der Waals surface area contributed by atoms with Crippen molar-refractivity contribution in [1.29, 1.82) is 0 Å². The molecule has 0 fully saturated rings. The zero-order valence-electron chi connectivity index (χ0n) is 11.8. The maximum Gasteiger partial charge on any atom is 0.0190 e. The van der Waals surface area contributed by atoms with Gasteiger partial charge in [0.15, 0.2) is 0 Å². The Kier molecular flexibility index (Phi) is 6.45. The smallest absolute Gasteiger partial charge is 0.0190 e. The largest absolute Gasteiger partial charge is 0.296 e. The zero-order valence-corrected chi connectivity index (χ0v) is 11.8. The Labute approximate surface area is 112 Å². The molecule has 0 spiro atoms. The summed E-state index contributed by atoms with van der Waals surface area (Å²) in [4.78, 5) is 2.42. The van der Waals surface area contributed by atoms with Crippen LogP contribution < -0.4 is 0 Å². The lowest BCUT2D eigenvalue weighted by Crippen LogP contribution is -2.28. The molecule has 1 aromatic carbocycles. The van der Waals surface area contributed by atoms with Gasteiger partial charge in [0, 0.05) is 13.1 Å². The molecule has 0 aliphatic carbocycles. The fourth-order valence-corrected chi connectivity index (χ4v) is 2.13. The topological polar surface area (TPSA) is 3.24 Å². The third kappa shape index (κ3) is 6.41. The monoisotopic (exact) mass is 243 g/mol. The van der Waals surface area contributed by atoms with E-state index < -0.39 is 0 Å². The first-order valence-electron chi connectivity index (χ1n) is 6.63. The Balaban J connectivity index is 2.37. The first-order chi connectivity index (χ1) is 8.58. The van der Waals surface area contributed by atoms with Crippen LogP contribution in [-0.2, 0) is 6.42 Å². The molecule has 0 aliphatic heterocycles. The number of hydrogen-bond acceptors (Lipinski definition) is 1. The highest BCUT2D eigenvalue weighted by Gasteiger charge is 2.05. The molecule has 1 heteroatoms. The molecule has 0 aliphatic rings. The highest BCUT2D eigenvalue weighted by Crippen LogP contribution is 2.06. The molecule has 1 nitrogen and oxygen atoms in total. The average Bonchev–Trinajstić information content (AvgIpc) is 2.28. The second-order valence-corrected chi connectivity index (χ2v) is 5.21. The van der Waals surface area contributed by atoms with Gasteiger partial charge >= 0.3 is 0 Å². The van der Waals surface area contributed by atoms with Gasteiger partial charge in [-0.15, -0.1) is 0 Å². The highest BCUT2D eigenvalue weighted by atomic mass is 15.1. The van der Waals surface area contributed by atoms with Crippen LogP contribution in [0.2, 0.25) is 0 Å². The van der Waals surface area contributed by atoms with Crippen molar-refractivity contribution < 1.29 is 0 Å². The second kappa shape index (κ2) is 7.88. The number of rotatable bonds is 8. The summed E-state index contributed by atoms with van der Waals surface area (Å²) in [5.74, 6) is 0. The van der Waals surface area contributed by atoms with Gasteiger partial charge in [0.25, 0.3) is 0 Å². The van der Waals surface area contributed by atoms with Crippen molar-refractivity contribution in [1.82, 2.24) is 4.90 Å². The Morgan fingerprint density at radius 3 is 2.06 bits per heavy atom. The van der Waals surface area contributed by atoms with Crippen molar-refractivity contribution in [3.05, 3.63) is 60.2 Å². The molecule has 0 atom stereocenters. The SMILES string of the molecule is C=C(C)CN(CCCc1ccccc1)CC(=C)C. The van der Waals surface area contributed by atoms with Crippen molar-refractivity contribution in [2.75, 3.05) is 19.6 Å². The molecule has 1 aromatic rings. The summed E-state index contributed by atoms with van der Waals surface area (Å²) in [6.45, 7) is 15.2. The Bertz CT molecular complexity index is 362. The maximum atomic E-state index is 4.00. The van der Waals surface area contributed by atoms with Crippen LogP contribution in [0.25, 0.3) is 0 Å². The molecule has 18 heavy (non-hydrogen) atoms. The first-order valence-corrected chi connectivity index (χ1v) is 6.63. The van der Waals surface area contributed by atoms with Crippen LogP contribution in [0, 0.1) is 0 Å². The summed E-state index contributed by atoms with van der Waals surface area (Å²) in [6.07, 6.45) is 2.33. The van der Waals surface area contributed by atoms with E-state index in [1.165, 1.54) is 23.1 Å². The molecule has 0 bridgehead atoms.